The second-order valence-corrected chi connectivity index (χ2v) is 4.60. The van der Waals surface area contributed by atoms with Crippen LogP contribution in [0.2, 0.25) is 0 Å². The van der Waals surface area contributed by atoms with Crippen LogP contribution >= 0.6 is 0 Å². The maximum Gasteiger partial charge on any atom is 0.250 e. The van der Waals surface area contributed by atoms with E-state index >= 15 is 0 Å². The second-order valence-electron chi connectivity index (χ2n) is 4.60. The third kappa shape index (κ3) is 1.19. The lowest BCUT2D eigenvalue weighted by Crippen LogP contribution is -2.16. The average Bonchev–Trinajstić information content (AvgIpc) is 2.78. The molecule has 1 N–H and O–H groups in total. The third-order valence-electron chi connectivity index (χ3n) is 3.78. The minimum atomic E-state index is -0.0160. The number of H-pyrrole nitrogens is 1. The van der Waals surface area contributed by atoms with Crippen molar-refractivity contribution in [2.24, 2.45) is 11.8 Å². The van der Waals surface area contributed by atoms with Crippen molar-refractivity contribution in [3.8, 4) is 0 Å². The van der Waals surface area contributed by atoms with Gasteiger partial charge in [0.25, 0.3) is 5.56 Å². The van der Waals surface area contributed by atoms with Crippen LogP contribution in [-0.2, 0) is 0 Å². The standard InChI is InChI=1S/C11H14N2O/c14-10-3-4-12-11(13-10)9-6-7-1-2-8(9)5-7/h3-4,7-9H,1-2,5-6H2,(H,12,13,14). The van der Waals surface area contributed by atoms with Gasteiger partial charge in [0.15, 0.2) is 0 Å². The summed E-state index contributed by atoms with van der Waals surface area (Å²) in [6.45, 7) is 0. The fraction of sp³-hybridized carbons (Fsp3) is 0.636. The van der Waals surface area contributed by atoms with E-state index in [0.717, 1.165) is 17.7 Å². The fourth-order valence-corrected chi connectivity index (χ4v) is 3.15. The molecule has 1 aromatic heterocycles. The summed E-state index contributed by atoms with van der Waals surface area (Å²) >= 11 is 0. The van der Waals surface area contributed by atoms with E-state index < -0.39 is 0 Å². The Bertz CT molecular complexity index is 398. The molecule has 0 aromatic carbocycles. The molecule has 1 aromatic rings. The molecule has 74 valence electrons. The summed E-state index contributed by atoms with van der Waals surface area (Å²) in [6, 6.07) is 1.48. The molecule has 3 rings (SSSR count). The smallest absolute Gasteiger partial charge is 0.250 e. The molecule has 3 heteroatoms. The van der Waals surface area contributed by atoms with Crippen LogP contribution < -0.4 is 5.56 Å². The highest BCUT2D eigenvalue weighted by Crippen LogP contribution is 2.51. The van der Waals surface area contributed by atoms with Crippen molar-refractivity contribution < 1.29 is 0 Å². The van der Waals surface area contributed by atoms with E-state index in [9.17, 15) is 4.79 Å². The Labute approximate surface area is 82.6 Å². The number of nitrogens with one attached hydrogen (secondary N) is 1. The minimum Gasteiger partial charge on any atom is -0.310 e. The highest BCUT2D eigenvalue weighted by Gasteiger charge is 2.41. The zero-order valence-electron chi connectivity index (χ0n) is 8.07. The molecule has 1 heterocycles. The van der Waals surface area contributed by atoms with E-state index in [2.05, 4.69) is 9.97 Å². The topological polar surface area (TPSA) is 45.8 Å². The first kappa shape index (κ1) is 8.21. The summed E-state index contributed by atoms with van der Waals surface area (Å²) in [7, 11) is 0. The van der Waals surface area contributed by atoms with E-state index in [-0.39, 0.29) is 5.56 Å². The van der Waals surface area contributed by atoms with Crippen molar-refractivity contribution in [3.05, 3.63) is 28.4 Å². The second kappa shape index (κ2) is 2.94. The molecule has 3 nitrogen and oxygen atoms in total. The lowest BCUT2D eigenvalue weighted by molar-refractivity contribution is 0.404. The first-order valence-electron chi connectivity index (χ1n) is 5.38. The van der Waals surface area contributed by atoms with Crippen LogP contribution in [0.1, 0.15) is 37.4 Å². The molecule has 2 saturated carbocycles. The number of rotatable bonds is 1. The van der Waals surface area contributed by atoms with Gasteiger partial charge in [0.1, 0.15) is 5.82 Å². The van der Waals surface area contributed by atoms with E-state index in [1.54, 1.807) is 6.20 Å². The van der Waals surface area contributed by atoms with Gasteiger partial charge in [-0.15, -0.1) is 0 Å². The van der Waals surface area contributed by atoms with Gasteiger partial charge in [-0.1, -0.05) is 6.42 Å². The van der Waals surface area contributed by atoms with Crippen molar-refractivity contribution in [1.82, 2.24) is 9.97 Å². The van der Waals surface area contributed by atoms with Gasteiger partial charge in [-0.25, -0.2) is 4.98 Å². The monoisotopic (exact) mass is 190 g/mol. The summed E-state index contributed by atoms with van der Waals surface area (Å²) in [4.78, 5) is 18.3. The predicted octanol–water partition coefficient (Wildman–Crippen LogP) is 1.67. The molecule has 0 amide bonds. The molecule has 0 saturated heterocycles. The third-order valence-corrected chi connectivity index (χ3v) is 3.78. The molecule has 3 unspecified atom stereocenters. The highest BCUT2D eigenvalue weighted by atomic mass is 16.1. The summed E-state index contributed by atoms with van der Waals surface area (Å²) in [5.41, 5.74) is -0.0160. The zero-order chi connectivity index (χ0) is 9.54. The number of hydrogen-bond acceptors (Lipinski definition) is 2. The van der Waals surface area contributed by atoms with Gasteiger partial charge >= 0.3 is 0 Å². The molecule has 14 heavy (non-hydrogen) atoms. The van der Waals surface area contributed by atoms with E-state index in [1.807, 2.05) is 0 Å². The van der Waals surface area contributed by atoms with Crippen LogP contribution in [-0.4, -0.2) is 9.97 Å². The molecule has 2 aliphatic carbocycles. The lowest BCUT2D eigenvalue weighted by Gasteiger charge is -2.19. The van der Waals surface area contributed by atoms with Crippen LogP contribution in [0.15, 0.2) is 17.1 Å². The molecular formula is C11H14N2O. The van der Waals surface area contributed by atoms with Crippen molar-refractivity contribution in [3.63, 3.8) is 0 Å². The lowest BCUT2D eigenvalue weighted by atomic mass is 9.88. The largest absolute Gasteiger partial charge is 0.310 e. The van der Waals surface area contributed by atoms with Gasteiger partial charge in [-0.2, -0.15) is 0 Å². The van der Waals surface area contributed by atoms with Crippen LogP contribution in [0, 0.1) is 11.8 Å². The minimum absolute atomic E-state index is 0.0160. The summed E-state index contributed by atoms with van der Waals surface area (Å²) in [5.74, 6) is 3.13. The van der Waals surface area contributed by atoms with Gasteiger partial charge in [0, 0.05) is 18.2 Å². The maximum absolute atomic E-state index is 11.2. The van der Waals surface area contributed by atoms with E-state index in [1.165, 1.54) is 31.7 Å². The van der Waals surface area contributed by atoms with E-state index in [4.69, 9.17) is 0 Å². The highest BCUT2D eigenvalue weighted by molar-refractivity contribution is 5.07. The van der Waals surface area contributed by atoms with Gasteiger partial charge < -0.3 is 4.98 Å². The SMILES string of the molecule is O=c1ccnc(C2CC3CCC2C3)[nH]1. The molecule has 3 atom stereocenters. The first-order chi connectivity index (χ1) is 6.83. The van der Waals surface area contributed by atoms with Gasteiger partial charge in [-0.3, -0.25) is 4.79 Å². The van der Waals surface area contributed by atoms with Gasteiger partial charge in [0.05, 0.1) is 0 Å². The Kier molecular flexibility index (Phi) is 1.72. The van der Waals surface area contributed by atoms with Crippen molar-refractivity contribution in [1.29, 1.82) is 0 Å². The van der Waals surface area contributed by atoms with Crippen LogP contribution in [0.25, 0.3) is 0 Å². The number of aromatic amines is 1. The predicted molar refractivity (Wildman–Crippen MR) is 53.0 cm³/mol. The molecule has 2 bridgehead atoms. The fourth-order valence-electron chi connectivity index (χ4n) is 3.15. The van der Waals surface area contributed by atoms with Crippen LogP contribution in [0.5, 0.6) is 0 Å². The summed E-state index contributed by atoms with van der Waals surface area (Å²) in [6.07, 6.45) is 6.92. The quantitative estimate of drug-likeness (QED) is 0.732. The summed E-state index contributed by atoms with van der Waals surface area (Å²) < 4.78 is 0. The zero-order valence-corrected chi connectivity index (χ0v) is 8.07. The normalized spacial score (nSPS) is 35.0. The van der Waals surface area contributed by atoms with Gasteiger partial charge in [-0.05, 0) is 31.1 Å². The van der Waals surface area contributed by atoms with Crippen LogP contribution in [0.3, 0.4) is 0 Å². The van der Waals surface area contributed by atoms with Crippen molar-refractivity contribution in [2.45, 2.75) is 31.6 Å². The average molecular weight is 190 g/mol. The van der Waals surface area contributed by atoms with Crippen molar-refractivity contribution in [2.75, 3.05) is 0 Å². The molecule has 0 spiro atoms. The number of fused-ring (bicyclic) bond motifs is 2. The Morgan fingerprint density at radius 1 is 1.36 bits per heavy atom. The Morgan fingerprint density at radius 2 is 2.29 bits per heavy atom. The Balaban J connectivity index is 1.93. The van der Waals surface area contributed by atoms with Gasteiger partial charge in [0.2, 0.25) is 0 Å². The first-order valence-corrected chi connectivity index (χ1v) is 5.38. The van der Waals surface area contributed by atoms with Crippen LogP contribution in [0.4, 0.5) is 0 Å². The maximum atomic E-state index is 11.2. The molecule has 2 aliphatic rings. The summed E-state index contributed by atoms with van der Waals surface area (Å²) in [5, 5.41) is 0. The molecule has 0 aliphatic heterocycles. The Hall–Kier alpha value is -1.12. The number of nitrogens with zero attached hydrogens (tertiary/aromatic N) is 1. The molecule has 0 radical (unpaired) electrons. The number of hydrogen-bond donors (Lipinski definition) is 1. The molecular weight excluding hydrogens is 176 g/mol. The van der Waals surface area contributed by atoms with Crippen molar-refractivity contribution >= 4 is 0 Å². The molecule has 2 fully saturated rings. The number of aromatic nitrogens is 2. The Morgan fingerprint density at radius 3 is 2.93 bits per heavy atom. The van der Waals surface area contributed by atoms with E-state index in [0.29, 0.717) is 5.92 Å².